The fourth-order valence-corrected chi connectivity index (χ4v) is 4.28. The van der Waals surface area contributed by atoms with Crippen LogP contribution in [0.5, 0.6) is 0 Å². The summed E-state index contributed by atoms with van der Waals surface area (Å²) in [5, 5.41) is 1.59. The highest BCUT2D eigenvalue weighted by Gasteiger charge is 2.17. The van der Waals surface area contributed by atoms with Crippen LogP contribution in [0.25, 0.3) is 0 Å². The van der Waals surface area contributed by atoms with Crippen molar-refractivity contribution in [2.24, 2.45) is 0 Å². The second-order valence-electron chi connectivity index (χ2n) is 4.50. The molecule has 0 heterocycles. The fraction of sp³-hybridized carbons (Fsp3) is 0.143. The van der Waals surface area contributed by atoms with Gasteiger partial charge in [-0.3, -0.25) is 0 Å². The van der Waals surface area contributed by atoms with E-state index < -0.39 is 9.84 Å². The van der Waals surface area contributed by atoms with Gasteiger partial charge in [0.2, 0.25) is 0 Å². The largest absolute Gasteiger partial charge is 0.228 e. The molecule has 112 valence electrons. The molecule has 0 aliphatic carbocycles. The first-order chi connectivity index (χ1) is 9.77. The van der Waals surface area contributed by atoms with Crippen molar-refractivity contribution in [3.8, 4) is 0 Å². The van der Waals surface area contributed by atoms with Crippen LogP contribution in [0.2, 0.25) is 20.1 Å². The second-order valence-corrected chi connectivity index (χ2v) is 8.26. The van der Waals surface area contributed by atoms with E-state index in [4.69, 9.17) is 46.4 Å². The van der Waals surface area contributed by atoms with Crippen LogP contribution in [-0.2, 0) is 21.3 Å². The van der Waals surface area contributed by atoms with E-state index in [1.807, 2.05) is 0 Å². The van der Waals surface area contributed by atoms with Gasteiger partial charge in [-0.05, 0) is 47.5 Å². The van der Waals surface area contributed by atoms with Gasteiger partial charge in [0.25, 0.3) is 0 Å². The zero-order valence-corrected chi connectivity index (χ0v) is 14.5. The highest BCUT2D eigenvalue weighted by molar-refractivity contribution is 7.89. The Kier molecular flexibility index (Phi) is 5.44. The summed E-state index contributed by atoms with van der Waals surface area (Å²) in [4.78, 5) is 0. The van der Waals surface area contributed by atoms with Gasteiger partial charge in [-0.25, -0.2) is 8.42 Å². The van der Waals surface area contributed by atoms with E-state index in [9.17, 15) is 8.42 Å². The van der Waals surface area contributed by atoms with Crippen molar-refractivity contribution in [3.63, 3.8) is 0 Å². The topological polar surface area (TPSA) is 34.1 Å². The lowest BCUT2D eigenvalue weighted by Crippen LogP contribution is -2.08. The number of rotatable bonds is 4. The number of halogens is 4. The predicted molar refractivity (Wildman–Crippen MR) is 89.3 cm³/mol. The number of hydrogen-bond acceptors (Lipinski definition) is 2. The molecule has 21 heavy (non-hydrogen) atoms. The maximum Gasteiger partial charge on any atom is 0.158 e. The van der Waals surface area contributed by atoms with E-state index in [1.54, 1.807) is 36.4 Å². The summed E-state index contributed by atoms with van der Waals surface area (Å²) in [6.45, 7) is 0. The van der Waals surface area contributed by atoms with Crippen molar-refractivity contribution in [2.45, 2.75) is 11.5 Å². The third-order valence-electron chi connectivity index (χ3n) is 2.77. The third kappa shape index (κ3) is 4.76. The molecule has 0 radical (unpaired) electrons. The predicted octanol–water partition coefficient (Wildman–Crippen LogP) is 5.42. The normalized spacial score (nSPS) is 11.6. The fourth-order valence-electron chi connectivity index (χ4n) is 1.83. The Balaban J connectivity index is 2.26. The van der Waals surface area contributed by atoms with Crippen molar-refractivity contribution in [2.75, 3.05) is 0 Å². The summed E-state index contributed by atoms with van der Waals surface area (Å²) in [5.41, 5.74) is 0.921. The molecule has 2 rings (SSSR count). The monoisotopic (exact) mass is 382 g/mol. The Labute approximate surface area is 143 Å². The molecule has 0 unspecified atom stereocenters. The summed E-state index contributed by atoms with van der Waals surface area (Å²) in [6, 6.07) is 9.44. The summed E-state index contributed by atoms with van der Waals surface area (Å²) >= 11 is 23.7. The zero-order valence-electron chi connectivity index (χ0n) is 10.6. The van der Waals surface area contributed by atoms with E-state index >= 15 is 0 Å². The smallest absolute Gasteiger partial charge is 0.158 e. The van der Waals surface area contributed by atoms with Crippen LogP contribution in [-0.4, -0.2) is 8.42 Å². The minimum absolute atomic E-state index is 0.213. The molecule has 2 aromatic rings. The molecule has 2 nitrogen and oxygen atoms in total. The minimum atomic E-state index is -3.45. The Morgan fingerprint density at radius 3 is 1.48 bits per heavy atom. The highest BCUT2D eigenvalue weighted by Crippen LogP contribution is 2.26. The van der Waals surface area contributed by atoms with Crippen LogP contribution < -0.4 is 0 Å². The first-order valence-electron chi connectivity index (χ1n) is 5.85. The quantitative estimate of drug-likeness (QED) is 0.706. The lowest BCUT2D eigenvalue weighted by molar-refractivity contribution is 0.594. The summed E-state index contributed by atoms with van der Waals surface area (Å²) < 4.78 is 24.6. The molecule has 0 saturated carbocycles. The van der Waals surface area contributed by atoms with E-state index in [2.05, 4.69) is 0 Å². The van der Waals surface area contributed by atoms with Crippen LogP contribution in [0, 0.1) is 0 Å². The Hall–Kier alpha value is -0.450. The Morgan fingerprint density at radius 1 is 0.714 bits per heavy atom. The summed E-state index contributed by atoms with van der Waals surface area (Å²) in [6.07, 6.45) is 0. The molecule has 0 amide bonds. The molecule has 0 spiro atoms. The molecular formula is C14H10Cl4O2S. The standard InChI is InChI=1S/C14H10Cl4O2S/c15-11-1-3-13(17)9(5-11)7-21(19,20)8-10-6-12(16)2-4-14(10)18/h1-6H,7-8H2. The number of hydrogen-bond donors (Lipinski definition) is 0. The number of benzene rings is 2. The highest BCUT2D eigenvalue weighted by atomic mass is 35.5. The molecule has 0 bridgehead atoms. The maximum absolute atomic E-state index is 12.3. The van der Waals surface area contributed by atoms with E-state index in [-0.39, 0.29) is 11.5 Å². The van der Waals surface area contributed by atoms with E-state index in [0.29, 0.717) is 31.2 Å². The van der Waals surface area contributed by atoms with Gasteiger partial charge in [-0.2, -0.15) is 0 Å². The molecule has 0 aliphatic heterocycles. The van der Waals surface area contributed by atoms with Gasteiger partial charge in [-0.1, -0.05) is 46.4 Å². The average molecular weight is 384 g/mol. The Morgan fingerprint density at radius 2 is 1.10 bits per heavy atom. The van der Waals surface area contributed by atoms with Crippen molar-refractivity contribution < 1.29 is 8.42 Å². The van der Waals surface area contributed by atoms with Crippen molar-refractivity contribution in [3.05, 3.63) is 67.6 Å². The summed E-state index contributed by atoms with van der Waals surface area (Å²) in [7, 11) is -3.45. The van der Waals surface area contributed by atoms with Gasteiger partial charge in [0.05, 0.1) is 11.5 Å². The minimum Gasteiger partial charge on any atom is -0.228 e. The Bertz CT molecular complexity index is 713. The third-order valence-corrected chi connectivity index (χ3v) is 5.48. The van der Waals surface area contributed by atoms with Gasteiger partial charge in [0.1, 0.15) is 0 Å². The second kappa shape index (κ2) is 6.76. The van der Waals surface area contributed by atoms with Gasteiger partial charge in [-0.15, -0.1) is 0 Å². The number of sulfone groups is 1. The molecule has 2 aromatic carbocycles. The van der Waals surface area contributed by atoms with Gasteiger partial charge in [0, 0.05) is 20.1 Å². The lowest BCUT2D eigenvalue weighted by Gasteiger charge is -2.08. The van der Waals surface area contributed by atoms with Crippen molar-refractivity contribution in [1.29, 1.82) is 0 Å². The van der Waals surface area contributed by atoms with E-state index in [0.717, 1.165) is 0 Å². The first-order valence-corrected chi connectivity index (χ1v) is 9.18. The molecule has 7 heteroatoms. The van der Waals surface area contributed by atoms with Crippen LogP contribution in [0.15, 0.2) is 36.4 Å². The van der Waals surface area contributed by atoms with Gasteiger partial charge >= 0.3 is 0 Å². The van der Waals surface area contributed by atoms with Crippen LogP contribution in [0.1, 0.15) is 11.1 Å². The van der Waals surface area contributed by atoms with Crippen LogP contribution in [0.3, 0.4) is 0 Å². The lowest BCUT2D eigenvalue weighted by atomic mass is 10.2. The summed E-state index contributed by atoms with van der Waals surface area (Å²) in [5.74, 6) is -0.426. The van der Waals surface area contributed by atoms with Gasteiger partial charge < -0.3 is 0 Å². The van der Waals surface area contributed by atoms with Crippen molar-refractivity contribution in [1.82, 2.24) is 0 Å². The molecular weight excluding hydrogens is 374 g/mol. The average Bonchev–Trinajstić information content (AvgIpc) is 2.37. The first kappa shape index (κ1) is 16.9. The molecule has 0 fully saturated rings. The molecule has 0 aliphatic rings. The van der Waals surface area contributed by atoms with Crippen molar-refractivity contribution >= 4 is 56.2 Å². The molecule has 0 N–H and O–H groups in total. The van der Waals surface area contributed by atoms with Gasteiger partial charge in [0.15, 0.2) is 9.84 Å². The molecule has 0 aromatic heterocycles. The zero-order chi connectivity index (χ0) is 15.6. The SMILES string of the molecule is O=S(=O)(Cc1cc(Cl)ccc1Cl)Cc1cc(Cl)ccc1Cl. The van der Waals surface area contributed by atoms with Crippen LogP contribution >= 0.6 is 46.4 Å². The van der Waals surface area contributed by atoms with E-state index in [1.165, 1.54) is 0 Å². The van der Waals surface area contributed by atoms with Crippen LogP contribution in [0.4, 0.5) is 0 Å². The molecule has 0 saturated heterocycles. The molecule has 0 atom stereocenters. The maximum atomic E-state index is 12.3.